The van der Waals surface area contributed by atoms with E-state index in [4.69, 9.17) is 11.6 Å². The lowest BCUT2D eigenvalue weighted by Crippen LogP contribution is -2.26. The molecule has 1 amide bonds. The Morgan fingerprint density at radius 3 is 2.62 bits per heavy atom. The lowest BCUT2D eigenvalue weighted by Gasteiger charge is -2.09. The molecule has 0 radical (unpaired) electrons. The number of amides is 1. The molecule has 6 heteroatoms. The fourth-order valence-corrected chi connectivity index (χ4v) is 2.04. The third-order valence-electron chi connectivity index (χ3n) is 3.10. The molecule has 0 spiro atoms. The molecule has 1 fully saturated rings. The highest BCUT2D eigenvalue weighted by molar-refractivity contribution is 6.30. The van der Waals surface area contributed by atoms with Crippen LogP contribution in [0.3, 0.4) is 0 Å². The van der Waals surface area contributed by atoms with E-state index in [1.807, 2.05) is 12.1 Å². The van der Waals surface area contributed by atoms with E-state index in [-0.39, 0.29) is 5.91 Å². The van der Waals surface area contributed by atoms with Crippen LogP contribution in [-0.2, 0) is 0 Å². The van der Waals surface area contributed by atoms with Crippen molar-refractivity contribution in [1.29, 1.82) is 0 Å². The molecule has 1 aliphatic rings. The van der Waals surface area contributed by atoms with Gasteiger partial charge in [-0.25, -0.2) is 9.97 Å². The number of hydrogen-bond acceptors (Lipinski definition) is 4. The number of aryl methyl sites for hydroxylation is 1. The third-order valence-corrected chi connectivity index (χ3v) is 3.35. The second kappa shape index (κ2) is 5.69. The van der Waals surface area contributed by atoms with Crippen LogP contribution in [0.5, 0.6) is 0 Å². The van der Waals surface area contributed by atoms with Gasteiger partial charge in [-0.15, -0.1) is 0 Å². The van der Waals surface area contributed by atoms with Gasteiger partial charge in [0.15, 0.2) is 0 Å². The Morgan fingerprint density at radius 2 is 1.95 bits per heavy atom. The predicted octanol–water partition coefficient (Wildman–Crippen LogP) is 3.07. The van der Waals surface area contributed by atoms with E-state index in [2.05, 4.69) is 20.6 Å². The molecule has 2 aromatic rings. The Bertz CT molecular complexity index is 668. The summed E-state index contributed by atoms with van der Waals surface area (Å²) in [6.07, 6.45) is 2.09. The standard InChI is InChI=1S/C15H15ClN4O/c1-9-17-13(15(21)20-12-6-7-12)8-14(18-9)19-11-4-2-10(16)3-5-11/h2-5,8,12H,6-7H2,1H3,(H,20,21)(H,17,18,19). The molecule has 0 atom stereocenters. The van der Waals surface area contributed by atoms with Gasteiger partial charge in [0.1, 0.15) is 17.3 Å². The maximum atomic E-state index is 12.1. The molecular weight excluding hydrogens is 288 g/mol. The monoisotopic (exact) mass is 302 g/mol. The first-order valence-corrected chi connectivity index (χ1v) is 7.17. The van der Waals surface area contributed by atoms with E-state index < -0.39 is 0 Å². The van der Waals surface area contributed by atoms with Crippen LogP contribution in [-0.4, -0.2) is 21.9 Å². The topological polar surface area (TPSA) is 66.9 Å². The molecule has 0 unspecified atom stereocenters. The van der Waals surface area contributed by atoms with E-state index in [0.29, 0.717) is 28.4 Å². The van der Waals surface area contributed by atoms with Gasteiger partial charge >= 0.3 is 0 Å². The van der Waals surface area contributed by atoms with Crippen molar-refractivity contribution in [2.24, 2.45) is 0 Å². The summed E-state index contributed by atoms with van der Waals surface area (Å²) in [6.45, 7) is 1.76. The minimum absolute atomic E-state index is 0.151. The molecule has 3 rings (SSSR count). The van der Waals surface area contributed by atoms with Crippen LogP contribution in [0.2, 0.25) is 5.02 Å². The largest absolute Gasteiger partial charge is 0.348 e. The van der Waals surface area contributed by atoms with Crippen molar-refractivity contribution in [1.82, 2.24) is 15.3 Å². The van der Waals surface area contributed by atoms with Crippen LogP contribution in [0.25, 0.3) is 0 Å². The van der Waals surface area contributed by atoms with Gasteiger partial charge < -0.3 is 10.6 Å². The van der Waals surface area contributed by atoms with Gasteiger partial charge in [0.2, 0.25) is 0 Å². The zero-order chi connectivity index (χ0) is 14.8. The van der Waals surface area contributed by atoms with Crippen molar-refractivity contribution in [3.63, 3.8) is 0 Å². The molecule has 21 heavy (non-hydrogen) atoms. The molecule has 1 saturated carbocycles. The number of anilines is 2. The van der Waals surface area contributed by atoms with Crippen LogP contribution in [0.15, 0.2) is 30.3 Å². The summed E-state index contributed by atoms with van der Waals surface area (Å²) in [5.74, 6) is 0.989. The summed E-state index contributed by atoms with van der Waals surface area (Å²) >= 11 is 5.85. The molecular formula is C15H15ClN4O. The minimum Gasteiger partial charge on any atom is -0.348 e. The van der Waals surface area contributed by atoms with Crippen molar-refractivity contribution in [2.45, 2.75) is 25.8 Å². The Kier molecular flexibility index (Phi) is 3.75. The molecule has 5 nitrogen and oxygen atoms in total. The van der Waals surface area contributed by atoms with Crippen LogP contribution in [0, 0.1) is 6.92 Å². The third kappa shape index (κ3) is 3.70. The Hall–Kier alpha value is -2.14. The summed E-state index contributed by atoms with van der Waals surface area (Å²) in [4.78, 5) is 20.5. The summed E-state index contributed by atoms with van der Waals surface area (Å²) in [5, 5.41) is 6.74. The highest BCUT2D eigenvalue weighted by Crippen LogP contribution is 2.20. The normalized spacial score (nSPS) is 13.8. The number of rotatable bonds is 4. The molecule has 108 valence electrons. The first-order valence-electron chi connectivity index (χ1n) is 6.79. The molecule has 1 aromatic heterocycles. The van der Waals surface area contributed by atoms with E-state index in [9.17, 15) is 4.79 Å². The zero-order valence-electron chi connectivity index (χ0n) is 11.6. The van der Waals surface area contributed by atoms with Crippen molar-refractivity contribution >= 4 is 29.0 Å². The summed E-state index contributed by atoms with van der Waals surface area (Å²) in [5.41, 5.74) is 1.23. The summed E-state index contributed by atoms with van der Waals surface area (Å²) in [7, 11) is 0. The summed E-state index contributed by atoms with van der Waals surface area (Å²) < 4.78 is 0. The van der Waals surface area contributed by atoms with Crippen LogP contribution in [0.4, 0.5) is 11.5 Å². The number of benzene rings is 1. The molecule has 0 bridgehead atoms. The molecule has 0 aliphatic heterocycles. The summed E-state index contributed by atoms with van der Waals surface area (Å²) in [6, 6.07) is 9.24. The molecule has 1 aliphatic carbocycles. The van der Waals surface area contributed by atoms with Crippen LogP contribution < -0.4 is 10.6 Å². The Balaban J connectivity index is 1.79. The van der Waals surface area contributed by atoms with Crippen LogP contribution >= 0.6 is 11.6 Å². The van der Waals surface area contributed by atoms with Crippen LogP contribution in [0.1, 0.15) is 29.2 Å². The maximum absolute atomic E-state index is 12.1. The number of carbonyl (C=O) groups excluding carboxylic acids is 1. The van der Waals surface area contributed by atoms with Crippen molar-refractivity contribution in [3.8, 4) is 0 Å². The number of hydrogen-bond donors (Lipinski definition) is 2. The smallest absolute Gasteiger partial charge is 0.270 e. The fourth-order valence-electron chi connectivity index (χ4n) is 1.92. The van der Waals surface area contributed by atoms with Crippen molar-refractivity contribution < 1.29 is 4.79 Å². The Morgan fingerprint density at radius 1 is 1.24 bits per heavy atom. The van der Waals surface area contributed by atoms with Gasteiger partial charge in [0.05, 0.1) is 0 Å². The molecule has 1 aromatic carbocycles. The number of nitrogens with one attached hydrogen (secondary N) is 2. The molecule has 2 N–H and O–H groups in total. The predicted molar refractivity (Wildman–Crippen MR) is 82.0 cm³/mol. The average Bonchev–Trinajstić information content (AvgIpc) is 3.25. The lowest BCUT2D eigenvalue weighted by molar-refractivity contribution is 0.0945. The highest BCUT2D eigenvalue weighted by atomic mass is 35.5. The van der Waals surface area contributed by atoms with E-state index in [1.165, 1.54) is 0 Å². The first kappa shape index (κ1) is 13.8. The van der Waals surface area contributed by atoms with Gasteiger partial charge in [0, 0.05) is 22.8 Å². The van der Waals surface area contributed by atoms with Gasteiger partial charge in [-0.2, -0.15) is 0 Å². The quantitative estimate of drug-likeness (QED) is 0.911. The SMILES string of the molecule is Cc1nc(Nc2ccc(Cl)cc2)cc(C(=O)NC2CC2)n1. The van der Waals surface area contributed by atoms with E-state index in [0.717, 1.165) is 18.5 Å². The average molecular weight is 303 g/mol. The van der Waals surface area contributed by atoms with Gasteiger partial charge in [-0.3, -0.25) is 4.79 Å². The number of nitrogens with zero attached hydrogens (tertiary/aromatic N) is 2. The second-order valence-corrected chi connectivity index (χ2v) is 5.50. The van der Waals surface area contributed by atoms with Crippen molar-refractivity contribution in [3.05, 3.63) is 46.9 Å². The molecule has 0 saturated heterocycles. The van der Waals surface area contributed by atoms with Crippen molar-refractivity contribution in [2.75, 3.05) is 5.32 Å². The Labute approximate surface area is 127 Å². The van der Waals surface area contributed by atoms with Gasteiger partial charge in [-0.1, -0.05) is 11.6 Å². The lowest BCUT2D eigenvalue weighted by atomic mass is 10.3. The van der Waals surface area contributed by atoms with E-state index in [1.54, 1.807) is 25.1 Å². The number of carbonyl (C=O) groups is 1. The second-order valence-electron chi connectivity index (χ2n) is 5.07. The molecule has 1 heterocycles. The maximum Gasteiger partial charge on any atom is 0.270 e. The number of aromatic nitrogens is 2. The van der Waals surface area contributed by atoms with E-state index >= 15 is 0 Å². The van der Waals surface area contributed by atoms with Gasteiger partial charge in [0.25, 0.3) is 5.91 Å². The fraction of sp³-hybridized carbons (Fsp3) is 0.267. The first-order chi connectivity index (χ1) is 10.1. The minimum atomic E-state index is -0.151. The van der Waals surface area contributed by atoms with Gasteiger partial charge in [-0.05, 0) is 44.0 Å². The number of halogens is 1. The highest BCUT2D eigenvalue weighted by Gasteiger charge is 2.24. The zero-order valence-corrected chi connectivity index (χ0v) is 12.3.